The Morgan fingerprint density at radius 1 is 1.08 bits per heavy atom. The van der Waals surface area contributed by atoms with Crippen LogP contribution in [0.1, 0.15) is 38.7 Å². The summed E-state index contributed by atoms with van der Waals surface area (Å²) < 4.78 is 0. The van der Waals surface area contributed by atoms with Crippen LogP contribution in [0.15, 0.2) is 48.7 Å². The minimum atomic E-state index is -0.603. The van der Waals surface area contributed by atoms with Gasteiger partial charge in [0, 0.05) is 16.3 Å². The Hall–Kier alpha value is -2.59. The number of ketones is 1. The summed E-state index contributed by atoms with van der Waals surface area (Å²) in [5, 5.41) is 6.14. The summed E-state index contributed by atoms with van der Waals surface area (Å²) in [7, 11) is 0. The van der Waals surface area contributed by atoms with E-state index in [0.717, 1.165) is 22.3 Å². The van der Waals surface area contributed by atoms with Crippen LogP contribution in [0.4, 0.5) is 4.79 Å². The van der Waals surface area contributed by atoms with Crippen molar-refractivity contribution >= 4 is 23.4 Å². The third-order valence-corrected chi connectivity index (χ3v) is 4.98. The van der Waals surface area contributed by atoms with E-state index in [-0.39, 0.29) is 11.8 Å². The van der Waals surface area contributed by atoms with E-state index in [0.29, 0.717) is 16.3 Å². The average Bonchev–Trinajstić information content (AvgIpc) is 2.53. The van der Waals surface area contributed by atoms with Crippen LogP contribution in [0, 0.1) is 26.7 Å². The highest BCUT2D eigenvalue weighted by atomic mass is 35.5. The van der Waals surface area contributed by atoms with Crippen molar-refractivity contribution in [2.24, 2.45) is 5.92 Å². The fraction of sp³-hybridized carbons (Fsp3) is 0.238. The molecular formula is C21H21ClN2O2. The molecule has 26 heavy (non-hydrogen) atoms. The van der Waals surface area contributed by atoms with Gasteiger partial charge in [0.15, 0.2) is 5.78 Å². The Labute approximate surface area is 158 Å². The lowest BCUT2D eigenvalue weighted by atomic mass is 9.80. The predicted molar refractivity (Wildman–Crippen MR) is 103 cm³/mol. The normalized spacial score (nSPS) is 19.7. The lowest BCUT2D eigenvalue weighted by Crippen LogP contribution is -2.51. The van der Waals surface area contributed by atoms with Crippen molar-refractivity contribution < 1.29 is 9.59 Å². The van der Waals surface area contributed by atoms with Crippen molar-refractivity contribution in [2.75, 3.05) is 0 Å². The number of aryl methyl sites for hydroxylation is 3. The van der Waals surface area contributed by atoms with Gasteiger partial charge in [-0.25, -0.2) is 4.79 Å². The summed E-state index contributed by atoms with van der Waals surface area (Å²) in [5.41, 5.74) is 5.11. The van der Waals surface area contributed by atoms with E-state index in [9.17, 15) is 9.59 Å². The molecule has 1 heterocycles. The number of benzene rings is 2. The molecule has 5 heteroatoms. The van der Waals surface area contributed by atoms with Gasteiger partial charge in [0.2, 0.25) is 0 Å². The first-order valence-corrected chi connectivity index (χ1v) is 8.79. The van der Waals surface area contributed by atoms with Crippen molar-refractivity contribution in [3.8, 4) is 0 Å². The molecule has 0 bridgehead atoms. The number of rotatable bonds is 3. The first-order chi connectivity index (χ1) is 12.3. The van der Waals surface area contributed by atoms with Crippen LogP contribution < -0.4 is 10.6 Å². The zero-order valence-corrected chi connectivity index (χ0v) is 15.8. The second-order valence-corrected chi connectivity index (χ2v) is 7.20. The van der Waals surface area contributed by atoms with E-state index in [1.165, 1.54) is 0 Å². The van der Waals surface area contributed by atoms with Crippen molar-refractivity contribution in [2.45, 2.75) is 26.8 Å². The Morgan fingerprint density at radius 3 is 2.23 bits per heavy atom. The van der Waals surface area contributed by atoms with Crippen molar-refractivity contribution in [1.82, 2.24) is 10.6 Å². The smallest absolute Gasteiger partial charge is 0.319 e. The molecule has 134 valence electrons. The summed E-state index contributed by atoms with van der Waals surface area (Å²) in [6.07, 6.45) is 0. The number of carbonyl (C=O) groups is 2. The first kappa shape index (κ1) is 18.2. The molecule has 1 aliphatic rings. The van der Waals surface area contributed by atoms with E-state index in [1.807, 2.05) is 20.8 Å². The molecule has 0 saturated carbocycles. The van der Waals surface area contributed by atoms with Crippen LogP contribution >= 0.6 is 11.6 Å². The summed E-state index contributed by atoms with van der Waals surface area (Å²) >= 11 is 5.93. The zero-order chi connectivity index (χ0) is 19.0. The number of amides is 2. The Balaban J connectivity index is 2.08. The SMILES string of the molecule is C=C1NC(=O)N[C@@H](c2c(C)cc(C)cc2C)[C@@H]1C(=O)c1ccc(Cl)cc1. The zero-order valence-electron chi connectivity index (χ0n) is 15.0. The molecule has 2 atom stereocenters. The molecule has 1 saturated heterocycles. The van der Waals surface area contributed by atoms with Gasteiger partial charge in [-0.15, -0.1) is 0 Å². The van der Waals surface area contributed by atoms with Crippen molar-refractivity contribution in [3.63, 3.8) is 0 Å². The van der Waals surface area contributed by atoms with Gasteiger partial charge < -0.3 is 10.6 Å². The Kier molecular flexibility index (Phi) is 4.88. The maximum absolute atomic E-state index is 13.2. The predicted octanol–water partition coefficient (Wildman–Crippen LogP) is 4.63. The first-order valence-electron chi connectivity index (χ1n) is 8.41. The molecule has 2 amide bonds. The van der Waals surface area contributed by atoms with E-state index in [2.05, 4.69) is 29.3 Å². The molecule has 0 unspecified atom stereocenters. The fourth-order valence-electron chi connectivity index (χ4n) is 3.71. The topological polar surface area (TPSA) is 58.2 Å². The number of nitrogens with one attached hydrogen (secondary N) is 2. The second-order valence-electron chi connectivity index (χ2n) is 6.76. The number of halogens is 1. The summed E-state index contributed by atoms with van der Waals surface area (Å²) in [5.74, 6) is -0.711. The molecule has 0 aliphatic carbocycles. The standard InChI is InChI=1S/C21H21ClN2O2/c1-11-9-12(2)17(13(3)10-11)19-18(14(4)23-21(26)24-19)20(25)15-5-7-16(22)8-6-15/h5-10,18-19H,4H2,1-3H3,(H2,23,24,26)/t18-,19+/m1/s1. The van der Waals surface area contributed by atoms with Crippen molar-refractivity contribution in [3.05, 3.63) is 81.5 Å². The maximum atomic E-state index is 13.2. The molecule has 1 fully saturated rings. The number of Topliss-reactive ketones (excluding diaryl/α,β-unsaturated/α-hetero) is 1. The fourth-order valence-corrected chi connectivity index (χ4v) is 3.84. The van der Waals surface area contributed by atoms with Gasteiger partial charge in [-0.05, 0) is 61.7 Å². The van der Waals surface area contributed by atoms with Gasteiger partial charge in [-0.1, -0.05) is 35.9 Å². The maximum Gasteiger partial charge on any atom is 0.319 e. The summed E-state index contributed by atoms with van der Waals surface area (Å²) in [6, 6.07) is 10.1. The Bertz CT molecular complexity index is 880. The molecule has 0 spiro atoms. The highest BCUT2D eigenvalue weighted by Crippen LogP contribution is 2.36. The van der Waals surface area contributed by atoms with Crippen LogP contribution in [-0.2, 0) is 0 Å². The van der Waals surface area contributed by atoms with Gasteiger partial charge in [0.05, 0.1) is 12.0 Å². The largest absolute Gasteiger partial charge is 0.330 e. The number of hydrogen-bond donors (Lipinski definition) is 2. The second kappa shape index (κ2) is 6.96. The van der Waals surface area contributed by atoms with E-state index in [1.54, 1.807) is 24.3 Å². The van der Waals surface area contributed by atoms with E-state index >= 15 is 0 Å². The number of hydrogen-bond acceptors (Lipinski definition) is 2. The molecular weight excluding hydrogens is 348 g/mol. The van der Waals surface area contributed by atoms with Gasteiger partial charge >= 0.3 is 6.03 Å². The molecule has 1 aliphatic heterocycles. The number of carbonyl (C=O) groups excluding carboxylic acids is 2. The number of urea groups is 1. The van der Waals surface area contributed by atoms with Gasteiger partial charge in [0.1, 0.15) is 0 Å². The van der Waals surface area contributed by atoms with E-state index in [4.69, 9.17) is 11.6 Å². The molecule has 0 aromatic heterocycles. The third kappa shape index (κ3) is 3.37. The van der Waals surface area contributed by atoms with Gasteiger partial charge in [-0.3, -0.25) is 4.79 Å². The van der Waals surface area contributed by atoms with Crippen LogP contribution in [0.3, 0.4) is 0 Å². The third-order valence-electron chi connectivity index (χ3n) is 4.73. The monoisotopic (exact) mass is 368 g/mol. The van der Waals surface area contributed by atoms with Crippen LogP contribution in [0.25, 0.3) is 0 Å². The minimum absolute atomic E-state index is 0.108. The van der Waals surface area contributed by atoms with Crippen LogP contribution in [0.2, 0.25) is 5.02 Å². The van der Waals surface area contributed by atoms with Gasteiger partial charge in [0.25, 0.3) is 0 Å². The average molecular weight is 369 g/mol. The molecule has 0 radical (unpaired) electrons. The lowest BCUT2D eigenvalue weighted by Gasteiger charge is -2.35. The molecule has 2 N–H and O–H groups in total. The van der Waals surface area contributed by atoms with E-state index < -0.39 is 12.0 Å². The molecule has 4 nitrogen and oxygen atoms in total. The summed E-state index contributed by atoms with van der Waals surface area (Å²) in [6.45, 7) is 9.96. The molecule has 2 aromatic carbocycles. The minimum Gasteiger partial charge on any atom is -0.330 e. The van der Waals surface area contributed by atoms with Gasteiger partial charge in [-0.2, -0.15) is 0 Å². The van der Waals surface area contributed by atoms with Crippen molar-refractivity contribution in [1.29, 1.82) is 0 Å². The molecule has 3 rings (SSSR count). The highest BCUT2D eigenvalue weighted by molar-refractivity contribution is 6.30. The lowest BCUT2D eigenvalue weighted by molar-refractivity contribution is 0.0905. The van der Waals surface area contributed by atoms with Crippen LogP contribution in [-0.4, -0.2) is 11.8 Å². The highest BCUT2D eigenvalue weighted by Gasteiger charge is 2.39. The molecule has 2 aromatic rings. The Morgan fingerprint density at radius 2 is 1.65 bits per heavy atom. The quantitative estimate of drug-likeness (QED) is 0.776. The van der Waals surface area contributed by atoms with Crippen LogP contribution in [0.5, 0.6) is 0 Å². The summed E-state index contributed by atoms with van der Waals surface area (Å²) in [4.78, 5) is 25.3.